The summed E-state index contributed by atoms with van der Waals surface area (Å²) in [5.74, 6) is -0.248. The molecule has 0 atom stereocenters. The van der Waals surface area contributed by atoms with Gasteiger partial charge >= 0.3 is 0 Å². The molecule has 1 fully saturated rings. The standard InChI is InChI=1S/C14H22N2O3S2.ClH/c1-3-16(11-12-5-4-10-20-12)13(17)14(21(2,18)19)6-8-15-9-7-14;/h4-5,10,15H,3,6-9,11H2,1-2H3;1H. The fourth-order valence-electron chi connectivity index (χ4n) is 2.78. The predicted octanol–water partition coefficient (Wildman–Crippen LogP) is 1.69. The van der Waals surface area contributed by atoms with Gasteiger partial charge in [0.2, 0.25) is 5.91 Å². The van der Waals surface area contributed by atoms with Crippen LogP contribution in [-0.2, 0) is 21.2 Å². The molecule has 1 saturated heterocycles. The maximum absolute atomic E-state index is 12.9. The quantitative estimate of drug-likeness (QED) is 0.861. The maximum Gasteiger partial charge on any atom is 0.244 e. The third kappa shape index (κ3) is 3.82. The first-order valence-electron chi connectivity index (χ1n) is 7.13. The third-order valence-corrected chi connectivity index (χ3v) is 6.97. The Balaban J connectivity index is 0.00000242. The molecular formula is C14H23ClN2O3S2. The average Bonchev–Trinajstić information content (AvgIpc) is 2.96. The van der Waals surface area contributed by atoms with Gasteiger partial charge in [0.05, 0.1) is 6.54 Å². The van der Waals surface area contributed by atoms with Crippen molar-refractivity contribution in [2.45, 2.75) is 31.1 Å². The molecule has 1 N–H and O–H groups in total. The minimum atomic E-state index is -3.45. The van der Waals surface area contributed by atoms with Crippen molar-refractivity contribution in [2.75, 3.05) is 25.9 Å². The lowest BCUT2D eigenvalue weighted by atomic mass is 9.95. The van der Waals surface area contributed by atoms with Crippen molar-refractivity contribution in [3.8, 4) is 0 Å². The molecule has 5 nitrogen and oxygen atoms in total. The summed E-state index contributed by atoms with van der Waals surface area (Å²) in [6.45, 7) is 4.02. The Morgan fingerprint density at radius 2 is 2.05 bits per heavy atom. The van der Waals surface area contributed by atoms with E-state index in [-0.39, 0.29) is 18.3 Å². The van der Waals surface area contributed by atoms with E-state index >= 15 is 0 Å². The van der Waals surface area contributed by atoms with E-state index in [4.69, 9.17) is 0 Å². The van der Waals surface area contributed by atoms with E-state index in [9.17, 15) is 13.2 Å². The Hall–Kier alpha value is -0.630. The summed E-state index contributed by atoms with van der Waals surface area (Å²) in [5, 5.41) is 5.10. The highest BCUT2D eigenvalue weighted by Crippen LogP contribution is 2.31. The minimum Gasteiger partial charge on any atom is -0.336 e. The van der Waals surface area contributed by atoms with Crippen LogP contribution in [0.1, 0.15) is 24.6 Å². The van der Waals surface area contributed by atoms with Gasteiger partial charge in [-0.25, -0.2) is 8.42 Å². The van der Waals surface area contributed by atoms with Gasteiger partial charge < -0.3 is 10.2 Å². The van der Waals surface area contributed by atoms with Gasteiger partial charge in [-0.2, -0.15) is 0 Å². The number of rotatable bonds is 5. The number of carbonyl (C=O) groups excluding carboxylic acids is 1. The van der Waals surface area contributed by atoms with E-state index in [2.05, 4.69) is 5.32 Å². The zero-order valence-corrected chi connectivity index (χ0v) is 15.3. The summed E-state index contributed by atoms with van der Waals surface area (Å²) in [7, 11) is -3.45. The first kappa shape index (κ1) is 19.4. The van der Waals surface area contributed by atoms with Crippen LogP contribution >= 0.6 is 23.7 Å². The molecule has 2 heterocycles. The van der Waals surface area contributed by atoms with Gasteiger partial charge in [0.1, 0.15) is 0 Å². The van der Waals surface area contributed by atoms with E-state index in [0.717, 1.165) is 4.88 Å². The van der Waals surface area contributed by atoms with Gasteiger partial charge in [-0.1, -0.05) is 6.07 Å². The first-order valence-corrected chi connectivity index (χ1v) is 9.90. The second-order valence-electron chi connectivity index (χ2n) is 5.42. The predicted molar refractivity (Wildman–Crippen MR) is 92.3 cm³/mol. The normalized spacial score (nSPS) is 17.5. The molecule has 1 aliphatic heterocycles. The molecule has 1 aliphatic rings. The zero-order valence-electron chi connectivity index (χ0n) is 12.9. The van der Waals surface area contributed by atoms with Crippen LogP contribution in [0.2, 0.25) is 0 Å². The van der Waals surface area contributed by atoms with Gasteiger partial charge in [0.25, 0.3) is 0 Å². The number of hydrogen-bond acceptors (Lipinski definition) is 5. The smallest absolute Gasteiger partial charge is 0.244 e. The lowest BCUT2D eigenvalue weighted by molar-refractivity contribution is -0.135. The highest BCUT2D eigenvalue weighted by atomic mass is 35.5. The van der Waals surface area contributed by atoms with Crippen LogP contribution in [0, 0.1) is 0 Å². The molecule has 0 radical (unpaired) electrons. The fourth-order valence-corrected chi connectivity index (χ4v) is 4.89. The van der Waals surface area contributed by atoms with Crippen LogP contribution in [0.25, 0.3) is 0 Å². The van der Waals surface area contributed by atoms with Crippen LogP contribution in [0.5, 0.6) is 0 Å². The number of hydrogen-bond donors (Lipinski definition) is 1. The van der Waals surface area contributed by atoms with Gasteiger partial charge in [-0.05, 0) is 44.3 Å². The summed E-state index contributed by atoms with van der Waals surface area (Å²) >= 11 is 1.58. The van der Waals surface area contributed by atoms with E-state index in [1.807, 2.05) is 24.4 Å². The number of sulfone groups is 1. The SMILES string of the molecule is CCN(Cc1cccs1)C(=O)C1(S(C)(=O)=O)CCNCC1.Cl. The molecule has 1 aromatic heterocycles. The Bertz CT molecular complexity index is 581. The first-order chi connectivity index (χ1) is 9.90. The summed E-state index contributed by atoms with van der Waals surface area (Å²) in [4.78, 5) is 15.7. The van der Waals surface area contributed by atoms with Crippen molar-refractivity contribution in [1.82, 2.24) is 10.2 Å². The number of halogens is 1. The number of amides is 1. The second-order valence-corrected chi connectivity index (χ2v) is 8.77. The number of nitrogens with one attached hydrogen (secondary N) is 1. The molecule has 8 heteroatoms. The Morgan fingerprint density at radius 3 is 2.50 bits per heavy atom. The highest BCUT2D eigenvalue weighted by molar-refractivity contribution is 7.92. The highest BCUT2D eigenvalue weighted by Gasteiger charge is 2.50. The summed E-state index contributed by atoms with van der Waals surface area (Å²) in [6, 6.07) is 3.91. The molecule has 1 aromatic rings. The van der Waals surface area contributed by atoms with E-state index in [1.54, 1.807) is 16.2 Å². The third-order valence-electron chi connectivity index (χ3n) is 4.11. The number of carbonyl (C=O) groups is 1. The van der Waals surface area contributed by atoms with Gasteiger partial charge in [0, 0.05) is 17.7 Å². The van der Waals surface area contributed by atoms with Crippen molar-refractivity contribution in [2.24, 2.45) is 0 Å². The largest absolute Gasteiger partial charge is 0.336 e. The van der Waals surface area contributed by atoms with Crippen molar-refractivity contribution in [3.63, 3.8) is 0 Å². The van der Waals surface area contributed by atoms with E-state index < -0.39 is 14.6 Å². The van der Waals surface area contributed by atoms with Gasteiger partial charge in [-0.3, -0.25) is 4.79 Å². The molecule has 0 aromatic carbocycles. The summed E-state index contributed by atoms with van der Waals surface area (Å²) < 4.78 is 23.3. The maximum atomic E-state index is 12.9. The fraction of sp³-hybridized carbons (Fsp3) is 0.643. The zero-order chi connectivity index (χ0) is 15.5. The Kier molecular flexibility index (Phi) is 6.85. The number of thiophene rings is 1. The van der Waals surface area contributed by atoms with Crippen LogP contribution < -0.4 is 5.32 Å². The molecule has 0 aliphatic carbocycles. The van der Waals surface area contributed by atoms with Crippen LogP contribution in [0.4, 0.5) is 0 Å². The van der Waals surface area contributed by atoms with E-state index in [0.29, 0.717) is 39.0 Å². The van der Waals surface area contributed by atoms with Crippen molar-refractivity contribution >= 4 is 39.5 Å². The molecular weight excluding hydrogens is 344 g/mol. The number of nitrogens with zero attached hydrogens (tertiary/aromatic N) is 1. The molecule has 0 unspecified atom stereocenters. The molecule has 2 rings (SSSR count). The minimum absolute atomic E-state index is 0. The molecule has 1 amide bonds. The van der Waals surface area contributed by atoms with Gasteiger partial charge in [-0.15, -0.1) is 23.7 Å². The van der Waals surface area contributed by atoms with Crippen LogP contribution in [0.15, 0.2) is 17.5 Å². The van der Waals surface area contributed by atoms with Crippen molar-refractivity contribution in [3.05, 3.63) is 22.4 Å². The molecule has 22 heavy (non-hydrogen) atoms. The van der Waals surface area contributed by atoms with Crippen LogP contribution in [0.3, 0.4) is 0 Å². The van der Waals surface area contributed by atoms with E-state index in [1.165, 1.54) is 6.26 Å². The van der Waals surface area contributed by atoms with Crippen molar-refractivity contribution in [1.29, 1.82) is 0 Å². The van der Waals surface area contributed by atoms with Gasteiger partial charge in [0.15, 0.2) is 14.6 Å². The van der Waals surface area contributed by atoms with Crippen molar-refractivity contribution < 1.29 is 13.2 Å². The summed E-state index contributed by atoms with van der Waals surface area (Å²) in [5.41, 5.74) is 0. The molecule has 126 valence electrons. The topological polar surface area (TPSA) is 66.5 Å². The molecule has 0 bridgehead atoms. The number of piperidine rings is 1. The Morgan fingerprint density at radius 1 is 1.41 bits per heavy atom. The molecule has 0 spiro atoms. The average molecular weight is 367 g/mol. The monoisotopic (exact) mass is 366 g/mol. The lowest BCUT2D eigenvalue weighted by Crippen LogP contribution is -2.58. The lowest BCUT2D eigenvalue weighted by Gasteiger charge is -2.38. The van der Waals surface area contributed by atoms with Crippen LogP contribution in [-0.4, -0.2) is 49.9 Å². The summed E-state index contributed by atoms with van der Waals surface area (Å²) in [6.07, 6.45) is 1.90. The second kappa shape index (κ2) is 7.77. The Labute approximate surface area is 142 Å². The molecule has 0 saturated carbocycles.